The minimum absolute atomic E-state index is 0.306. The maximum atomic E-state index is 10.0. The zero-order valence-corrected chi connectivity index (χ0v) is 19.5. The molecule has 7 atom stereocenters. The van der Waals surface area contributed by atoms with Crippen LogP contribution in [-0.2, 0) is 6.42 Å². The van der Waals surface area contributed by atoms with Gasteiger partial charge in [-0.1, -0.05) is 51.5 Å². The fourth-order valence-electron chi connectivity index (χ4n) is 8.69. The Labute approximate surface area is 183 Å². The highest BCUT2D eigenvalue weighted by Gasteiger charge is 2.71. The highest BCUT2D eigenvalue weighted by Crippen LogP contribution is 2.78. The van der Waals surface area contributed by atoms with E-state index in [1.807, 2.05) is 6.20 Å². The number of H-pyrrole nitrogens is 1. The zero-order chi connectivity index (χ0) is 21.3. The first kappa shape index (κ1) is 20.6. The van der Waals surface area contributed by atoms with E-state index in [1.54, 1.807) is 5.57 Å². The van der Waals surface area contributed by atoms with Crippen molar-refractivity contribution in [1.82, 2.24) is 4.98 Å². The summed E-state index contributed by atoms with van der Waals surface area (Å²) in [5.74, 6) is 3.38. The molecule has 0 aromatic carbocycles. The lowest BCUT2D eigenvalue weighted by Gasteiger charge is -2.54. The van der Waals surface area contributed by atoms with E-state index in [-0.39, 0.29) is 0 Å². The fourth-order valence-corrected chi connectivity index (χ4v) is 8.69. The number of hydrogen-bond donors (Lipinski definition) is 2. The molecule has 1 heterocycles. The molecule has 1 aromatic rings. The van der Waals surface area contributed by atoms with Crippen molar-refractivity contribution >= 4 is 0 Å². The van der Waals surface area contributed by atoms with Crippen molar-refractivity contribution in [3.05, 3.63) is 47.8 Å². The monoisotopic (exact) mass is 407 g/mol. The predicted octanol–water partition coefficient (Wildman–Crippen LogP) is 6.55. The van der Waals surface area contributed by atoms with Crippen molar-refractivity contribution < 1.29 is 5.11 Å². The lowest BCUT2D eigenvalue weighted by Crippen LogP contribution is -2.45. The second kappa shape index (κ2) is 6.86. The molecule has 164 valence electrons. The highest BCUT2D eigenvalue weighted by molar-refractivity contribution is 5.47. The van der Waals surface area contributed by atoms with Crippen molar-refractivity contribution in [1.29, 1.82) is 0 Å². The van der Waals surface area contributed by atoms with E-state index in [9.17, 15) is 5.11 Å². The molecule has 4 aliphatic carbocycles. The Bertz CT molecular complexity index is 848. The predicted molar refractivity (Wildman–Crippen MR) is 124 cm³/mol. The summed E-state index contributed by atoms with van der Waals surface area (Å²) in [5, 5.41) is 10.0. The average Bonchev–Trinajstić information content (AvgIpc) is 3.09. The lowest BCUT2D eigenvalue weighted by molar-refractivity contribution is 0.0696. The van der Waals surface area contributed by atoms with E-state index in [2.05, 4.69) is 57.6 Å². The molecule has 2 nitrogen and oxygen atoms in total. The van der Waals surface area contributed by atoms with Crippen molar-refractivity contribution in [3.63, 3.8) is 0 Å². The van der Waals surface area contributed by atoms with Crippen LogP contribution in [0.2, 0.25) is 0 Å². The number of aromatic nitrogens is 1. The summed E-state index contributed by atoms with van der Waals surface area (Å²) >= 11 is 0. The Morgan fingerprint density at radius 1 is 1.23 bits per heavy atom. The first-order valence-electron chi connectivity index (χ1n) is 12.4. The van der Waals surface area contributed by atoms with Crippen LogP contribution in [0.15, 0.2) is 42.3 Å². The van der Waals surface area contributed by atoms with Gasteiger partial charge in [-0.25, -0.2) is 0 Å². The zero-order valence-electron chi connectivity index (χ0n) is 19.5. The molecule has 4 aliphatic rings. The SMILES string of the molecule is C=C1C=C2C3(CCC(CC(CO)Cc4cc[nH]c4)C3)CCC(C)C2(C)C2C1C2(C)C. The second-order valence-electron chi connectivity index (χ2n) is 12.2. The van der Waals surface area contributed by atoms with E-state index in [0.717, 1.165) is 24.2 Å². The van der Waals surface area contributed by atoms with E-state index in [4.69, 9.17) is 0 Å². The van der Waals surface area contributed by atoms with Crippen molar-refractivity contribution in [2.24, 2.45) is 45.8 Å². The number of aromatic amines is 1. The molecule has 2 heteroatoms. The van der Waals surface area contributed by atoms with Crippen LogP contribution in [0.4, 0.5) is 0 Å². The van der Waals surface area contributed by atoms with Gasteiger partial charge in [0.05, 0.1) is 0 Å². The Morgan fingerprint density at radius 2 is 2.00 bits per heavy atom. The van der Waals surface area contributed by atoms with Crippen LogP contribution < -0.4 is 0 Å². The topological polar surface area (TPSA) is 36.0 Å². The molecule has 1 aromatic heterocycles. The van der Waals surface area contributed by atoms with E-state index in [1.165, 1.54) is 49.7 Å². The van der Waals surface area contributed by atoms with Gasteiger partial charge < -0.3 is 10.1 Å². The Balaban J connectivity index is 1.37. The molecule has 30 heavy (non-hydrogen) atoms. The van der Waals surface area contributed by atoms with Gasteiger partial charge in [0, 0.05) is 19.0 Å². The van der Waals surface area contributed by atoms with Crippen LogP contribution in [0.3, 0.4) is 0 Å². The van der Waals surface area contributed by atoms with Gasteiger partial charge in [0.2, 0.25) is 0 Å². The van der Waals surface area contributed by atoms with Gasteiger partial charge in [-0.15, -0.1) is 0 Å². The van der Waals surface area contributed by atoms with Crippen molar-refractivity contribution in [3.8, 4) is 0 Å². The van der Waals surface area contributed by atoms with Crippen LogP contribution >= 0.6 is 0 Å². The highest BCUT2D eigenvalue weighted by atomic mass is 16.3. The summed E-state index contributed by atoms with van der Waals surface area (Å²) in [5.41, 5.74) is 5.67. The maximum Gasteiger partial charge on any atom is 0.0462 e. The van der Waals surface area contributed by atoms with Crippen LogP contribution in [-0.4, -0.2) is 16.7 Å². The van der Waals surface area contributed by atoms with E-state index in [0.29, 0.717) is 34.7 Å². The standard InChI is InChI=1S/C28H41NO/c1-18-12-23-27(5,25-24(18)26(25,3)4)19(2)6-9-28(23)10-7-20(15-28)13-22(17-30)14-21-8-11-29-16-21/h8,11-12,16,19-20,22,24-25,29-30H,1,6-7,9-10,13-15,17H2,2-5H3. The quantitative estimate of drug-likeness (QED) is 0.570. The Hall–Kier alpha value is -1.28. The lowest BCUT2D eigenvalue weighted by atomic mass is 9.50. The summed E-state index contributed by atoms with van der Waals surface area (Å²) in [6, 6.07) is 2.15. The molecule has 7 unspecified atom stereocenters. The normalized spacial score (nSPS) is 42.6. The summed E-state index contributed by atoms with van der Waals surface area (Å²) in [4.78, 5) is 3.16. The van der Waals surface area contributed by atoms with Gasteiger partial charge in [-0.2, -0.15) is 0 Å². The van der Waals surface area contributed by atoms with Crippen LogP contribution in [0.1, 0.15) is 71.8 Å². The summed E-state index contributed by atoms with van der Waals surface area (Å²) in [7, 11) is 0. The smallest absolute Gasteiger partial charge is 0.0462 e. The summed E-state index contributed by atoms with van der Waals surface area (Å²) in [6.45, 7) is 14.9. The van der Waals surface area contributed by atoms with Crippen LogP contribution in [0.25, 0.3) is 0 Å². The third kappa shape index (κ3) is 2.85. The van der Waals surface area contributed by atoms with E-state index < -0.39 is 0 Å². The van der Waals surface area contributed by atoms with Gasteiger partial charge in [-0.3, -0.25) is 0 Å². The molecule has 2 N–H and O–H groups in total. The number of rotatable bonds is 5. The molecule has 0 aliphatic heterocycles. The molecule has 0 bridgehead atoms. The minimum Gasteiger partial charge on any atom is -0.396 e. The molecule has 1 spiro atoms. The molecule has 0 radical (unpaired) electrons. The minimum atomic E-state index is 0.306. The molecule has 5 rings (SSSR count). The van der Waals surface area contributed by atoms with Gasteiger partial charge in [0.15, 0.2) is 0 Å². The summed E-state index contributed by atoms with van der Waals surface area (Å²) < 4.78 is 0. The van der Waals surface area contributed by atoms with Gasteiger partial charge in [-0.05, 0) is 102 Å². The summed E-state index contributed by atoms with van der Waals surface area (Å²) in [6.07, 6.45) is 15.6. The van der Waals surface area contributed by atoms with Crippen molar-refractivity contribution in [2.45, 2.75) is 72.6 Å². The molecular weight excluding hydrogens is 366 g/mol. The second-order valence-corrected chi connectivity index (χ2v) is 12.2. The van der Waals surface area contributed by atoms with Crippen LogP contribution in [0, 0.1) is 45.8 Å². The Morgan fingerprint density at radius 3 is 2.70 bits per heavy atom. The molecule has 3 fully saturated rings. The average molecular weight is 408 g/mol. The number of nitrogens with one attached hydrogen (secondary N) is 1. The third-order valence-electron chi connectivity index (χ3n) is 10.3. The third-order valence-corrected chi connectivity index (χ3v) is 10.3. The van der Waals surface area contributed by atoms with Gasteiger partial charge in [0.1, 0.15) is 0 Å². The van der Waals surface area contributed by atoms with Gasteiger partial charge in [0.25, 0.3) is 0 Å². The van der Waals surface area contributed by atoms with Crippen LogP contribution in [0.5, 0.6) is 0 Å². The molecular formula is C28H41NO. The molecule has 3 saturated carbocycles. The number of aliphatic hydroxyl groups excluding tert-OH is 1. The van der Waals surface area contributed by atoms with Crippen molar-refractivity contribution in [2.75, 3.05) is 6.61 Å². The maximum absolute atomic E-state index is 10.0. The first-order valence-corrected chi connectivity index (χ1v) is 12.4. The number of hydrogen-bond acceptors (Lipinski definition) is 1. The number of aliphatic hydroxyl groups is 1. The first-order chi connectivity index (χ1) is 14.2. The van der Waals surface area contributed by atoms with Gasteiger partial charge >= 0.3 is 0 Å². The molecule has 0 saturated heterocycles. The fraction of sp³-hybridized carbons (Fsp3) is 0.714. The number of allylic oxidation sites excluding steroid dienone is 3. The number of fused-ring (bicyclic) bond motifs is 4. The largest absolute Gasteiger partial charge is 0.396 e. The Kier molecular flexibility index (Phi) is 4.71. The molecule has 0 amide bonds. The van der Waals surface area contributed by atoms with E-state index >= 15 is 0 Å².